The Morgan fingerprint density at radius 1 is 1.53 bits per heavy atom. The third kappa shape index (κ3) is 3.85. The summed E-state index contributed by atoms with van der Waals surface area (Å²) in [5, 5.41) is 7.55. The predicted molar refractivity (Wildman–Crippen MR) is 65.4 cm³/mol. The highest BCUT2D eigenvalue weighted by Gasteiger charge is 2.21. The molecule has 0 aromatic carbocycles. The van der Waals surface area contributed by atoms with E-state index in [1.807, 2.05) is 11.9 Å². The first-order valence-corrected chi connectivity index (χ1v) is 6.37. The molecule has 1 heterocycles. The number of anilines is 1. The predicted octanol–water partition coefficient (Wildman–Crippen LogP) is 2.23. The minimum absolute atomic E-state index is 0.254. The van der Waals surface area contributed by atoms with Crippen molar-refractivity contribution in [2.24, 2.45) is 5.92 Å². The highest BCUT2D eigenvalue weighted by molar-refractivity contribution is 6.20. The SMILES string of the molecule is CC(Cl)c1nnc(N(C)CCOCC2CC2)o1. The Morgan fingerprint density at radius 2 is 2.29 bits per heavy atom. The van der Waals surface area contributed by atoms with Gasteiger partial charge in [0.1, 0.15) is 5.38 Å². The maximum atomic E-state index is 5.85. The fourth-order valence-electron chi connectivity index (χ4n) is 1.37. The first kappa shape index (κ1) is 12.6. The van der Waals surface area contributed by atoms with Crippen LogP contribution in [0, 0.1) is 5.92 Å². The van der Waals surface area contributed by atoms with Crippen molar-refractivity contribution < 1.29 is 9.15 Å². The molecule has 17 heavy (non-hydrogen) atoms. The summed E-state index contributed by atoms with van der Waals surface area (Å²) < 4.78 is 11.0. The van der Waals surface area contributed by atoms with E-state index in [-0.39, 0.29) is 5.38 Å². The first-order valence-electron chi connectivity index (χ1n) is 5.93. The van der Waals surface area contributed by atoms with Gasteiger partial charge in [0.15, 0.2) is 0 Å². The van der Waals surface area contributed by atoms with E-state index in [0.717, 1.165) is 19.1 Å². The number of halogens is 1. The van der Waals surface area contributed by atoms with E-state index in [1.165, 1.54) is 12.8 Å². The van der Waals surface area contributed by atoms with E-state index < -0.39 is 0 Å². The third-order valence-corrected chi connectivity index (χ3v) is 2.90. The summed E-state index contributed by atoms with van der Waals surface area (Å²) in [6, 6.07) is 0.488. The Morgan fingerprint density at radius 3 is 2.88 bits per heavy atom. The van der Waals surface area contributed by atoms with Gasteiger partial charge in [0, 0.05) is 20.2 Å². The lowest BCUT2D eigenvalue weighted by Crippen LogP contribution is -2.23. The lowest BCUT2D eigenvalue weighted by molar-refractivity contribution is 0.130. The van der Waals surface area contributed by atoms with Crippen LogP contribution < -0.4 is 4.90 Å². The number of alkyl halides is 1. The van der Waals surface area contributed by atoms with E-state index in [0.29, 0.717) is 18.5 Å². The molecule has 0 amide bonds. The maximum Gasteiger partial charge on any atom is 0.318 e. The molecule has 0 spiro atoms. The van der Waals surface area contributed by atoms with Gasteiger partial charge in [-0.15, -0.1) is 16.7 Å². The second-order valence-corrected chi connectivity index (χ2v) is 5.13. The van der Waals surface area contributed by atoms with Gasteiger partial charge in [-0.2, -0.15) is 0 Å². The molecule has 0 aliphatic heterocycles. The average molecular weight is 260 g/mol. The summed E-state index contributed by atoms with van der Waals surface area (Å²) >= 11 is 5.85. The Labute approximate surface area is 106 Å². The van der Waals surface area contributed by atoms with Crippen molar-refractivity contribution >= 4 is 17.6 Å². The minimum atomic E-state index is -0.254. The summed E-state index contributed by atoms with van der Waals surface area (Å²) in [6.45, 7) is 4.10. The number of nitrogens with zero attached hydrogens (tertiary/aromatic N) is 3. The van der Waals surface area contributed by atoms with Gasteiger partial charge in [0.2, 0.25) is 5.89 Å². The first-order chi connectivity index (χ1) is 8.16. The Balaban J connectivity index is 1.71. The molecule has 2 rings (SSSR count). The second kappa shape index (κ2) is 5.69. The number of hydrogen-bond donors (Lipinski definition) is 0. The molecule has 0 N–H and O–H groups in total. The molecule has 1 aromatic heterocycles. The van der Waals surface area contributed by atoms with Crippen molar-refractivity contribution in [3.05, 3.63) is 5.89 Å². The van der Waals surface area contributed by atoms with E-state index >= 15 is 0 Å². The number of hydrogen-bond acceptors (Lipinski definition) is 5. The monoisotopic (exact) mass is 259 g/mol. The minimum Gasteiger partial charge on any atom is -0.406 e. The van der Waals surface area contributed by atoms with Crippen LogP contribution in [0.25, 0.3) is 0 Å². The number of rotatable bonds is 7. The summed E-state index contributed by atoms with van der Waals surface area (Å²) in [5.41, 5.74) is 0. The van der Waals surface area contributed by atoms with Gasteiger partial charge in [-0.3, -0.25) is 0 Å². The molecule has 0 saturated heterocycles. The molecule has 0 radical (unpaired) electrons. The Hall–Kier alpha value is -0.810. The van der Waals surface area contributed by atoms with Crippen molar-refractivity contribution in [2.75, 3.05) is 31.7 Å². The molecule has 1 saturated carbocycles. The van der Waals surface area contributed by atoms with Crippen molar-refractivity contribution in [3.8, 4) is 0 Å². The summed E-state index contributed by atoms with van der Waals surface area (Å²) in [6.07, 6.45) is 2.63. The average Bonchev–Trinajstić information content (AvgIpc) is 2.97. The van der Waals surface area contributed by atoms with E-state index in [2.05, 4.69) is 10.2 Å². The van der Waals surface area contributed by atoms with Crippen molar-refractivity contribution in [2.45, 2.75) is 25.1 Å². The molecule has 6 heteroatoms. The number of ether oxygens (including phenoxy) is 1. The molecule has 1 aliphatic rings. The summed E-state index contributed by atoms with van der Waals surface area (Å²) in [7, 11) is 1.90. The zero-order valence-electron chi connectivity index (χ0n) is 10.2. The van der Waals surface area contributed by atoms with Crippen LogP contribution >= 0.6 is 11.6 Å². The van der Waals surface area contributed by atoms with Crippen LogP contribution in [0.3, 0.4) is 0 Å². The smallest absolute Gasteiger partial charge is 0.318 e. The Bertz CT molecular complexity index is 352. The van der Waals surface area contributed by atoms with E-state index in [1.54, 1.807) is 6.92 Å². The molecule has 1 aliphatic carbocycles. The molecule has 1 atom stereocenters. The van der Waals surface area contributed by atoms with Crippen LogP contribution in [-0.2, 0) is 4.74 Å². The molecule has 1 aromatic rings. The fourth-order valence-corrected chi connectivity index (χ4v) is 1.46. The molecular weight excluding hydrogens is 242 g/mol. The summed E-state index contributed by atoms with van der Waals surface area (Å²) in [4.78, 5) is 1.88. The molecule has 0 bridgehead atoms. The molecule has 5 nitrogen and oxygen atoms in total. The van der Waals surface area contributed by atoms with Crippen LogP contribution in [0.4, 0.5) is 6.01 Å². The van der Waals surface area contributed by atoms with Gasteiger partial charge in [-0.25, -0.2) is 0 Å². The van der Waals surface area contributed by atoms with E-state index in [4.69, 9.17) is 20.8 Å². The lowest BCUT2D eigenvalue weighted by Gasteiger charge is -2.13. The van der Waals surface area contributed by atoms with Gasteiger partial charge in [-0.1, -0.05) is 5.10 Å². The van der Waals surface area contributed by atoms with Crippen LogP contribution in [-0.4, -0.2) is 37.0 Å². The highest BCUT2D eigenvalue weighted by atomic mass is 35.5. The van der Waals surface area contributed by atoms with Crippen molar-refractivity contribution in [1.29, 1.82) is 0 Å². The van der Waals surface area contributed by atoms with Gasteiger partial charge < -0.3 is 14.1 Å². The second-order valence-electron chi connectivity index (χ2n) is 4.48. The van der Waals surface area contributed by atoms with Crippen molar-refractivity contribution in [3.63, 3.8) is 0 Å². The largest absolute Gasteiger partial charge is 0.406 e. The van der Waals surface area contributed by atoms with Gasteiger partial charge in [0.25, 0.3) is 0 Å². The topological polar surface area (TPSA) is 51.4 Å². The maximum absolute atomic E-state index is 5.85. The normalized spacial score (nSPS) is 17.1. The van der Waals surface area contributed by atoms with Gasteiger partial charge in [-0.05, 0) is 25.7 Å². The van der Waals surface area contributed by atoms with Gasteiger partial charge in [0.05, 0.1) is 6.61 Å². The zero-order valence-corrected chi connectivity index (χ0v) is 11.0. The Kier molecular flexibility index (Phi) is 4.23. The third-order valence-electron chi connectivity index (χ3n) is 2.72. The number of aromatic nitrogens is 2. The van der Waals surface area contributed by atoms with Crippen LogP contribution in [0.1, 0.15) is 31.0 Å². The summed E-state index contributed by atoms with van der Waals surface area (Å²) in [5.74, 6) is 1.25. The molecular formula is C11H18ClN3O2. The molecule has 1 fully saturated rings. The standard InChI is InChI=1S/C11H18ClN3O2/c1-8(12)10-13-14-11(17-10)15(2)5-6-16-7-9-3-4-9/h8-9H,3-7H2,1-2H3. The van der Waals surface area contributed by atoms with Crippen LogP contribution in [0.15, 0.2) is 4.42 Å². The lowest BCUT2D eigenvalue weighted by atomic mass is 10.5. The highest BCUT2D eigenvalue weighted by Crippen LogP contribution is 2.28. The zero-order chi connectivity index (χ0) is 12.3. The van der Waals surface area contributed by atoms with E-state index in [9.17, 15) is 0 Å². The van der Waals surface area contributed by atoms with Crippen LogP contribution in [0.2, 0.25) is 0 Å². The van der Waals surface area contributed by atoms with Crippen LogP contribution in [0.5, 0.6) is 0 Å². The van der Waals surface area contributed by atoms with Gasteiger partial charge >= 0.3 is 6.01 Å². The molecule has 1 unspecified atom stereocenters. The quantitative estimate of drug-likeness (QED) is 0.555. The van der Waals surface area contributed by atoms with Crippen molar-refractivity contribution in [1.82, 2.24) is 10.2 Å². The fraction of sp³-hybridized carbons (Fsp3) is 0.818. The molecule has 96 valence electrons. The number of likely N-dealkylation sites (N-methyl/N-ethyl adjacent to an activating group) is 1.